The summed E-state index contributed by atoms with van der Waals surface area (Å²) in [5.74, 6) is -0.132. The van der Waals surface area contributed by atoms with Gasteiger partial charge in [-0.25, -0.2) is 9.67 Å². The normalized spacial score (nSPS) is 11.0. The number of anilines is 1. The molecule has 162 valence electrons. The Balaban J connectivity index is 1.41. The van der Waals surface area contributed by atoms with E-state index in [0.717, 1.165) is 11.1 Å². The van der Waals surface area contributed by atoms with Crippen LogP contribution in [-0.2, 0) is 0 Å². The molecule has 0 saturated heterocycles. The Morgan fingerprint density at radius 3 is 2.48 bits per heavy atom. The summed E-state index contributed by atoms with van der Waals surface area (Å²) in [6.07, 6.45) is 0. The van der Waals surface area contributed by atoms with Gasteiger partial charge in [0.1, 0.15) is 5.52 Å². The molecule has 1 N–H and O–H groups in total. The molecule has 0 aliphatic carbocycles. The second-order valence-electron chi connectivity index (χ2n) is 7.38. The highest BCUT2D eigenvalue weighted by Gasteiger charge is 2.17. The molecule has 5 rings (SSSR count). The quantitative estimate of drug-likeness (QED) is 0.398. The number of halogens is 1. The van der Waals surface area contributed by atoms with Gasteiger partial charge >= 0.3 is 0 Å². The van der Waals surface area contributed by atoms with E-state index in [1.54, 1.807) is 55.5 Å². The number of nitrogens with one attached hydrogen (secondary N) is 1. The number of benzene rings is 3. The number of aryl methyl sites for hydroxylation is 1. The predicted octanol–water partition coefficient (Wildman–Crippen LogP) is 5.25. The topological polar surface area (TPSA) is 90.0 Å². The number of fused-ring (bicyclic) bond motifs is 1. The number of amides is 1. The number of nitrogens with zero attached hydrogens (tertiary/aromatic N) is 3. The highest BCUT2D eigenvalue weighted by Crippen LogP contribution is 2.25. The molecule has 3 aromatic carbocycles. The lowest BCUT2D eigenvalue weighted by Crippen LogP contribution is -2.27. The molecule has 1 amide bonds. The zero-order chi connectivity index (χ0) is 22.9. The molecule has 2 aromatic heterocycles. The third kappa shape index (κ3) is 4.02. The highest BCUT2D eigenvalue weighted by molar-refractivity contribution is 6.32. The molecule has 8 heteroatoms. The van der Waals surface area contributed by atoms with E-state index in [0.29, 0.717) is 33.6 Å². The fourth-order valence-electron chi connectivity index (χ4n) is 3.45. The van der Waals surface area contributed by atoms with Crippen molar-refractivity contribution in [3.63, 3.8) is 0 Å². The fraction of sp³-hybridized carbons (Fsp3) is 0.0400. The van der Waals surface area contributed by atoms with Gasteiger partial charge in [0.25, 0.3) is 5.91 Å². The van der Waals surface area contributed by atoms with Crippen molar-refractivity contribution in [3.05, 3.63) is 105 Å². The molecule has 0 spiro atoms. The van der Waals surface area contributed by atoms with Crippen molar-refractivity contribution < 1.29 is 9.21 Å². The summed E-state index contributed by atoms with van der Waals surface area (Å²) in [5, 5.41) is 7.45. The van der Waals surface area contributed by atoms with Gasteiger partial charge < -0.3 is 9.73 Å². The van der Waals surface area contributed by atoms with E-state index >= 15 is 0 Å². The van der Waals surface area contributed by atoms with Crippen LogP contribution in [0.4, 0.5) is 5.69 Å². The van der Waals surface area contributed by atoms with Gasteiger partial charge in [-0.05, 0) is 55.5 Å². The summed E-state index contributed by atoms with van der Waals surface area (Å²) < 4.78 is 7.25. The van der Waals surface area contributed by atoms with Gasteiger partial charge in [-0.15, -0.1) is 0 Å². The van der Waals surface area contributed by atoms with E-state index in [-0.39, 0.29) is 5.69 Å². The number of aromatic nitrogens is 3. The molecular formula is C25H17ClN4O3. The summed E-state index contributed by atoms with van der Waals surface area (Å²) in [5.41, 5.74) is 3.17. The number of carbonyl (C=O) groups is 1. The first-order valence-corrected chi connectivity index (χ1v) is 10.5. The Kier molecular flexibility index (Phi) is 5.24. The SMILES string of the molecule is Cc1cc(=O)c(C(=O)Nc2ccc(-c3nc4ccccc4o3)cc2)nn1-c1ccccc1Cl. The smallest absolute Gasteiger partial charge is 0.280 e. The van der Waals surface area contributed by atoms with E-state index in [4.69, 9.17) is 16.0 Å². The largest absolute Gasteiger partial charge is 0.436 e. The van der Waals surface area contributed by atoms with Gasteiger partial charge in [-0.1, -0.05) is 35.9 Å². The summed E-state index contributed by atoms with van der Waals surface area (Å²) in [6, 6.07) is 22.9. The lowest BCUT2D eigenvalue weighted by atomic mass is 10.2. The van der Waals surface area contributed by atoms with Crippen molar-refractivity contribution in [1.82, 2.24) is 14.8 Å². The molecule has 0 fully saturated rings. The van der Waals surface area contributed by atoms with E-state index < -0.39 is 11.3 Å². The Morgan fingerprint density at radius 2 is 1.73 bits per heavy atom. The van der Waals surface area contributed by atoms with Crippen molar-refractivity contribution >= 4 is 34.3 Å². The van der Waals surface area contributed by atoms with E-state index in [2.05, 4.69) is 15.4 Å². The fourth-order valence-corrected chi connectivity index (χ4v) is 3.67. The molecular weight excluding hydrogens is 440 g/mol. The molecule has 5 aromatic rings. The zero-order valence-corrected chi connectivity index (χ0v) is 18.2. The maximum Gasteiger partial charge on any atom is 0.280 e. The Morgan fingerprint density at radius 1 is 1.00 bits per heavy atom. The van der Waals surface area contributed by atoms with Crippen molar-refractivity contribution in [2.24, 2.45) is 0 Å². The minimum Gasteiger partial charge on any atom is -0.436 e. The minimum atomic E-state index is -0.615. The minimum absolute atomic E-state index is 0.233. The molecule has 0 radical (unpaired) electrons. The van der Waals surface area contributed by atoms with Crippen LogP contribution < -0.4 is 10.7 Å². The standard InChI is InChI=1S/C25H17ClN4O3/c1-15-14-21(31)23(29-30(15)20-8-4-2-6-18(20)26)24(32)27-17-12-10-16(11-13-17)25-28-19-7-3-5-9-22(19)33-25/h2-14H,1H3,(H,27,32). The summed E-state index contributed by atoms with van der Waals surface area (Å²) in [4.78, 5) is 29.8. The predicted molar refractivity (Wildman–Crippen MR) is 127 cm³/mol. The van der Waals surface area contributed by atoms with Crippen LogP contribution in [0.15, 0.2) is 88.1 Å². The molecule has 0 atom stereocenters. The Hall–Kier alpha value is -4.23. The Bertz CT molecular complexity index is 1520. The highest BCUT2D eigenvalue weighted by atomic mass is 35.5. The molecule has 0 saturated carbocycles. The molecule has 0 aliphatic heterocycles. The number of carbonyl (C=O) groups excluding carboxylic acids is 1. The summed E-state index contributed by atoms with van der Waals surface area (Å²) in [6.45, 7) is 1.73. The second-order valence-corrected chi connectivity index (χ2v) is 7.79. The summed E-state index contributed by atoms with van der Waals surface area (Å²) >= 11 is 6.27. The van der Waals surface area contributed by atoms with E-state index in [1.807, 2.05) is 24.3 Å². The van der Waals surface area contributed by atoms with E-state index in [9.17, 15) is 9.59 Å². The van der Waals surface area contributed by atoms with E-state index in [1.165, 1.54) is 10.7 Å². The average molecular weight is 457 g/mol. The van der Waals surface area contributed by atoms with Crippen molar-refractivity contribution in [3.8, 4) is 17.1 Å². The lowest BCUT2D eigenvalue weighted by Gasteiger charge is -2.12. The van der Waals surface area contributed by atoms with Crippen LogP contribution in [0.3, 0.4) is 0 Å². The molecule has 0 aliphatic rings. The number of oxazole rings is 1. The van der Waals surface area contributed by atoms with Crippen LogP contribution in [0.2, 0.25) is 5.02 Å². The Labute approximate surface area is 193 Å². The molecule has 0 unspecified atom stereocenters. The lowest BCUT2D eigenvalue weighted by molar-refractivity contribution is 0.101. The van der Waals surface area contributed by atoms with Gasteiger partial charge in [0, 0.05) is 23.0 Å². The molecule has 0 bridgehead atoms. The van der Waals surface area contributed by atoms with Crippen LogP contribution in [0, 0.1) is 6.92 Å². The van der Waals surface area contributed by atoms with Gasteiger partial charge in [0.15, 0.2) is 11.3 Å². The number of para-hydroxylation sites is 3. The zero-order valence-electron chi connectivity index (χ0n) is 17.4. The van der Waals surface area contributed by atoms with Gasteiger partial charge in [-0.2, -0.15) is 5.10 Å². The first-order valence-electron chi connectivity index (χ1n) is 10.1. The number of hydrogen-bond acceptors (Lipinski definition) is 5. The van der Waals surface area contributed by atoms with Crippen LogP contribution >= 0.6 is 11.6 Å². The molecule has 7 nitrogen and oxygen atoms in total. The molecule has 2 heterocycles. The average Bonchev–Trinajstić information content (AvgIpc) is 3.25. The van der Waals surface area contributed by atoms with Crippen LogP contribution in [0.5, 0.6) is 0 Å². The first-order chi connectivity index (χ1) is 16.0. The first kappa shape index (κ1) is 20.7. The van der Waals surface area contributed by atoms with Crippen LogP contribution in [0.1, 0.15) is 16.2 Å². The maximum absolute atomic E-state index is 12.8. The third-order valence-corrected chi connectivity index (χ3v) is 5.41. The van der Waals surface area contributed by atoms with Gasteiger partial charge in [0.05, 0.1) is 10.7 Å². The van der Waals surface area contributed by atoms with Crippen LogP contribution in [0.25, 0.3) is 28.2 Å². The summed E-state index contributed by atoms with van der Waals surface area (Å²) in [7, 11) is 0. The van der Waals surface area contributed by atoms with Crippen LogP contribution in [-0.4, -0.2) is 20.7 Å². The second kappa shape index (κ2) is 8.37. The van der Waals surface area contributed by atoms with Crippen molar-refractivity contribution in [1.29, 1.82) is 0 Å². The van der Waals surface area contributed by atoms with Gasteiger partial charge in [0.2, 0.25) is 11.3 Å². The third-order valence-electron chi connectivity index (χ3n) is 5.09. The maximum atomic E-state index is 12.8. The molecule has 33 heavy (non-hydrogen) atoms. The van der Waals surface area contributed by atoms with Crippen molar-refractivity contribution in [2.75, 3.05) is 5.32 Å². The number of rotatable bonds is 4. The monoisotopic (exact) mass is 456 g/mol. The number of hydrogen-bond donors (Lipinski definition) is 1. The van der Waals surface area contributed by atoms with Crippen molar-refractivity contribution in [2.45, 2.75) is 6.92 Å². The van der Waals surface area contributed by atoms with Gasteiger partial charge in [-0.3, -0.25) is 9.59 Å².